The Labute approximate surface area is 129 Å². The highest BCUT2D eigenvalue weighted by Gasteiger charge is 2.08. The van der Waals surface area contributed by atoms with Gasteiger partial charge in [0.2, 0.25) is 0 Å². The standard InChI is InChI=1S/C17H18N4O/c1-22-11-3-8-20-17-14-4-2-7-19-16(14)12-15(21-17)13-5-9-18-10-6-13/h2,4-7,9-10,12H,3,8,11H2,1H3,(H,20,21). The summed E-state index contributed by atoms with van der Waals surface area (Å²) in [6.45, 7) is 1.54. The molecule has 1 N–H and O–H groups in total. The molecule has 0 spiro atoms. The van der Waals surface area contributed by atoms with E-state index in [9.17, 15) is 0 Å². The smallest absolute Gasteiger partial charge is 0.136 e. The zero-order valence-electron chi connectivity index (χ0n) is 12.5. The lowest BCUT2D eigenvalue weighted by atomic mass is 10.1. The monoisotopic (exact) mass is 294 g/mol. The van der Waals surface area contributed by atoms with E-state index in [1.54, 1.807) is 25.7 Å². The maximum Gasteiger partial charge on any atom is 0.136 e. The van der Waals surface area contributed by atoms with Gasteiger partial charge in [-0.25, -0.2) is 4.98 Å². The minimum absolute atomic E-state index is 0.729. The number of hydrogen-bond acceptors (Lipinski definition) is 5. The van der Waals surface area contributed by atoms with Crippen LogP contribution < -0.4 is 5.32 Å². The average molecular weight is 294 g/mol. The second kappa shape index (κ2) is 6.95. The van der Waals surface area contributed by atoms with E-state index in [-0.39, 0.29) is 0 Å². The highest BCUT2D eigenvalue weighted by Crippen LogP contribution is 2.26. The molecule has 0 fully saturated rings. The Kier molecular flexibility index (Phi) is 4.56. The number of nitrogens with zero attached hydrogens (tertiary/aromatic N) is 3. The number of ether oxygens (including phenoxy) is 1. The Balaban J connectivity index is 1.97. The number of pyridine rings is 3. The van der Waals surface area contributed by atoms with Crippen LogP contribution in [0.15, 0.2) is 48.9 Å². The summed E-state index contributed by atoms with van der Waals surface area (Å²) in [6.07, 6.45) is 6.27. The number of aromatic nitrogens is 3. The van der Waals surface area contributed by atoms with Gasteiger partial charge in [-0.05, 0) is 36.8 Å². The number of rotatable bonds is 6. The fourth-order valence-corrected chi connectivity index (χ4v) is 2.30. The van der Waals surface area contributed by atoms with Gasteiger partial charge in [0.15, 0.2) is 0 Å². The van der Waals surface area contributed by atoms with Crippen molar-refractivity contribution in [1.82, 2.24) is 15.0 Å². The third kappa shape index (κ3) is 3.20. The van der Waals surface area contributed by atoms with Gasteiger partial charge in [0.1, 0.15) is 5.82 Å². The van der Waals surface area contributed by atoms with E-state index in [2.05, 4.69) is 15.3 Å². The van der Waals surface area contributed by atoms with E-state index in [1.165, 1.54) is 0 Å². The van der Waals surface area contributed by atoms with Crippen molar-refractivity contribution in [2.45, 2.75) is 6.42 Å². The fraction of sp³-hybridized carbons (Fsp3) is 0.235. The van der Waals surface area contributed by atoms with Gasteiger partial charge < -0.3 is 10.1 Å². The Morgan fingerprint density at radius 1 is 1.14 bits per heavy atom. The third-order valence-corrected chi connectivity index (χ3v) is 3.39. The highest BCUT2D eigenvalue weighted by molar-refractivity contribution is 5.91. The van der Waals surface area contributed by atoms with E-state index in [1.807, 2.05) is 30.3 Å². The molecule has 5 heteroatoms. The van der Waals surface area contributed by atoms with Gasteiger partial charge in [0, 0.05) is 49.8 Å². The molecule has 0 radical (unpaired) electrons. The zero-order valence-corrected chi connectivity index (χ0v) is 12.5. The topological polar surface area (TPSA) is 59.9 Å². The van der Waals surface area contributed by atoms with Crippen LogP contribution in [0.25, 0.3) is 22.2 Å². The molecule has 0 bridgehead atoms. The van der Waals surface area contributed by atoms with Crippen molar-refractivity contribution in [3.05, 3.63) is 48.9 Å². The molecule has 3 rings (SSSR count). The average Bonchev–Trinajstić information content (AvgIpc) is 2.59. The van der Waals surface area contributed by atoms with Crippen LogP contribution in [0.2, 0.25) is 0 Å². The first-order chi connectivity index (χ1) is 10.9. The number of fused-ring (bicyclic) bond motifs is 1. The maximum absolute atomic E-state index is 5.08. The predicted octanol–water partition coefficient (Wildman–Crippen LogP) is 3.14. The second-order valence-corrected chi connectivity index (χ2v) is 4.94. The Bertz CT molecular complexity index is 746. The summed E-state index contributed by atoms with van der Waals surface area (Å²) in [5, 5.41) is 4.41. The SMILES string of the molecule is COCCCNc1nc(-c2ccncc2)cc2ncccc12. The Morgan fingerprint density at radius 2 is 2.00 bits per heavy atom. The van der Waals surface area contributed by atoms with Crippen LogP contribution >= 0.6 is 0 Å². The van der Waals surface area contributed by atoms with Crippen molar-refractivity contribution in [2.24, 2.45) is 0 Å². The fourth-order valence-electron chi connectivity index (χ4n) is 2.30. The molecule has 3 heterocycles. The summed E-state index contributed by atoms with van der Waals surface area (Å²) in [6, 6.07) is 9.86. The molecule has 0 aromatic carbocycles. The predicted molar refractivity (Wildman–Crippen MR) is 87.8 cm³/mol. The molecular weight excluding hydrogens is 276 g/mol. The minimum Gasteiger partial charge on any atom is -0.385 e. The maximum atomic E-state index is 5.08. The molecule has 0 amide bonds. The first kappa shape index (κ1) is 14.4. The van der Waals surface area contributed by atoms with Crippen LogP contribution in [0.5, 0.6) is 0 Å². The number of methoxy groups -OCH3 is 1. The second-order valence-electron chi connectivity index (χ2n) is 4.94. The van der Waals surface area contributed by atoms with Crippen molar-refractivity contribution >= 4 is 16.7 Å². The van der Waals surface area contributed by atoms with Gasteiger partial charge in [-0.2, -0.15) is 0 Å². The van der Waals surface area contributed by atoms with Crippen molar-refractivity contribution < 1.29 is 4.74 Å². The quantitative estimate of drug-likeness (QED) is 0.708. The molecule has 0 saturated carbocycles. The molecule has 5 nitrogen and oxygen atoms in total. The number of nitrogens with one attached hydrogen (secondary N) is 1. The molecule has 0 aliphatic rings. The van der Waals surface area contributed by atoms with E-state index >= 15 is 0 Å². The minimum atomic E-state index is 0.729. The Morgan fingerprint density at radius 3 is 2.82 bits per heavy atom. The van der Waals surface area contributed by atoms with Crippen LogP contribution in [-0.4, -0.2) is 35.2 Å². The molecule has 3 aromatic rings. The van der Waals surface area contributed by atoms with Gasteiger partial charge in [0.05, 0.1) is 11.2 Å². The van der Waals surface area contributed by atoms with E-state index in [0.29, 0.717) is 0 Å². The molecule has 0 atom stereocenters. The summed E-state index contributed by atoms with van der Waals surface area (Å²) >= 11 is 0. The first-order valence-corrected chi connectivity index (χ1v) is 7.27. The van der Waals surface area contributed by atoms with Crippen molar-refractivity contribution in [2.75, 3.05) is 25.6 Å². The van der Waals surface area contributed by atoms with Gasteiger partial charge in [-0.15, -0.1) is 0 Å². The molecule has 0 saturated heterocycles. The molecule has 3 aromatic heterocycles. The molecular formula is C17H18N4O. The number of anilines is 1. The molecule has 0 aliphatic heterocycles. The normalized spacial score (nSPS) is 10.8. The van der Waals surface area contributed by atoms with Crippen LogP contribution in [0.3, 0.4) is 0 Å². The Hall–Kier alpha value is -2.53. The lowest BCUT2D eigenvalue weighted by molar-refractivity contribution is 0.198. The van der Waals surface area contributed by atoms with E-state index in [0.717, 1.165) is 47.6 Å². The van der Waals surface area contributed by atoms with E-state index < -0.39 is 0 Å². The molecule has 0 aliphatic carbocycles. The summed E-state index contributed by atoms with van der Waals surface area (Å²) in [5.74, 6) is 0.855. The molecule has 112 valence electrons. The van der Waals surface area contributed by atoms with Crippen molar-refractivity contribution in [3.63, 3.8) is 0 Å². The van der Waals surface area contributed by atoms with Crippen LogP contribution in [0.1, 0.15) is 6.42 Å². The van der Waals surface area contributed by atoms with Gasteiger partial charge >= 0.3 is 0 Å². The lowest BCUT2D eigenvalue weighted by Crippen LogP contribution is -2.07. The van der Waals surface area contributed by atoms with Crippen molar-refractivity contribution in [1.29, 1.82) is 0 Å². The van der Waals surface area contributed by atoms with Crippen LogP contribution in [0.4, 0.5) is 5.82 Å². The van der Waals surface area contributed by atoms with Crippen LogP contribution in [-0.2, 0) is 4.74 Å². The first-order valence-electron chi connectivity index (χ1n) is 7.27. The zero-order chi connectivity index (χ0) is 15.2. The van der Waals surface area contributed by atoms with Gasteiger partial charge in [0.25, 0.3) is 0 Å². The van der Waals surface area contributed by atoms with Gasteiger partial charge in [-0.3, -0.25) is 9.97 Å². The largest absolute Gasteiger partial charge is 0.385 e. The highest BCUT2D eigenvalue weighted by atomic mass is 16.5. The van der Waals surface area contributed by atoms with E-state index in [4.69, 9.17) is 9.72 Å². The summed E-state index contributed by atoms with van der Waals surface area (Å²) in [5.41, 5.74) is 2.85. The lowest BCUT2D eigenvalue weighted by Gasteiger charge is -2.11. The van der Waals surface area contributed by atoms with Crippen molar-refractivity contribution in [3.8, 4) is 11.3 Å². The summed E-state index contributed by atoms with van der Waals surface area (Å²) in [4.78, 5) is 13.3. The number of hydrogen-bond donors (Lipinski definition) is 1. The van der Waals surface area contributed by atoms with Gasteiger partial charge in [-0.1, -0.05) is 0 Å². The summed E-state index contributed by atoms with van der Waals surface area (Å²) < 4.78 is 5.08. The summed E-state index contributed by atoms with van der Waals surface area (Å²) in [7, 11) is 1.71. The van der Waals surface area contributed by atoms with Crippen LogP contribution in [0, 0.1) is 0 Å². The third-order valence-electron chi connectivity index (χ3n) is 3.39. The molecule has 0 unspecified atom stereocenters. The molecule has 22 heavy (non-hydrogen) atoms.